The molecule has 12 unspecified atom stereocenters. The normalized spacial score (nSPS) is 37.1. The van der Waals surface area contributed by atoms with Crippen LogP contribution in [0.25, 0.3) is 0 Å². The van der Waals surface area contributed by atoms with E-state index in [9.17, 15) is 96.4 Å². The Bertz CT molecular complexity index is 2590. The fourth-order valence-corrected chi connectivity index (χ4v) is 15.3. The van der Waals surface area contributed by atoms with Crippen LogP contribution in [0.15, 0.2) is 24.3 Å². The Hall–Kier alpha value is -2.74. The fraction of sp³-hybridized carbons (Fsp3) is 0.925. The SMILES string of the molecule is CCCCCCCC/C=C\CCCCCCCCCCCCCC(=O)N[C@@H](CO[C@@H]1OC(CO)[C@@H](O[C@@H]2OC(CO)[C@H](O)[C@H](O[C@@H]3OC(CO)[C@@H](O[C@H]4OC(C)[C@@H](O)C(O)[C@@H]4O)[C@H](O[C@@H]4OC(CO)[C@H](O)[C@H](O)C4O[C@H]4OC(C)[C@@H](O)C(O)[C@@H]4O)C3NC(C)=O)C2O)[C@H](O)C1O)[C@H](O)/C=C/CCCCCCCCCCCCC. The van der Waals surface area contributed by atoms with Gasteiger partial charge in [0.2, 0.25) is 11.8 Å². The summed E-state index contributed by atoms with van der Waals surface area (Å²) >= 11 is 0. The number of allylic oxidation sites excluding steroid dienone is 3. The molecule has 0 bridgehead atoms. The lowest BCUT2D eigenvalue weighted by molar-refractivity contribution is -0.400. The van der Waals surface area contributed by atoms with E-state index in [1.165, 1.54) is 142 Å². The zero-order valence-electron chi connectivity index (χ0n) is 67.3. The number of hydrogen-bond donors (Lipinski definition) is 19. The standard InChI is InChI=1S/C80H144N2O31/c1-6-8-10-12-14-16-18-20-21-22-23-24-25-26-27-29-31-33-35-37-39-41-56(89)82-50(51(88)40-38-36-34-32-30-28-19-17-15-13-11-9-7-2)46-102-76-68(100)65(97)70(54(44-85)108-76)109-79-69(101)73(61(93)53(43-84)105-79)112-75-57(81-49(5)87)72(71(55(45-86)107-75)110-77-66(98)62(94)58(90)47(3)103-77)111-80-74(64(96)60(92)52(42-83)106-80)113-78-67(99)63(95)59(91)48(4)104-78/h20-21,38,40,47-48,50-55,57-80,83-86,88,90-101H,6-19,22-37,39,41-46H2,1-5H3,(H,81,87)(H,82,89)/b21-20-,40-38+/t47?,48?,50-,51+,52?,53?,54?,55?,57?,58+,59+,60-,61-,62?,63?,64-,65+,66-,67-,68?,69?,70+,71+,72+,73-,74?,75-,76+,77+,78+,79-,80-/m0/s1. The molecular weight excluding hydrogens is 1480 g/mol. The molecule has 6 rings (SSSR count). The number of amides is 2. The molecule has 33 nitrogen and oxygen atoms in total. The summed E-state index contributed by atoms with van der Waals surface area (Å²) in [5.41, 5.74) is 0. The molecular formula is C80H144N2O31. The highest BCUT2D eigenvalue weighted by Gasteiger charge is 2.59. The van der Waals surface area contributed by atoms with Crippen molar-refractivity contribution in [1.82, 2.24) is 10.6 Å². The van der Waals surface area contributed by atoms with Crippen molar-refractivity contribution >= 4 is 11.8 Å². The molecule has 6 heterocycles. The summed E-state index contributed by atoms with van der Waals surface area (Å²) in [6, 6.07) is -2.99. The van der Waals surface area contributed by atoms with Gasteiger partial charge in [0, 0.05) is 13.3 Å². The molecule has 6 saturated heterocycles. The maximum atomic E-state index is 13.6. The summed E-state index contributed by atoms with van der Waals surface area (Å²) < 4.78 is 72.6. The number of nitrogens with one attached hydrogen (secondary N) is 2. The molecule has 660 valence electrons. The molecule has 0 aromatic carbocycles. The molecule has 0 aromatic rings. The molecule has 0 aliphatic carbocycles. The van der Waals surface area contributed by atoms with Gasteiger partial charge in [-0.2, -0.15) is 0 Å². The van der Waals surface area contributed by atoms with Gasteiger partial charge in [-0.25, -0.2) is 0 Å². The average molecular weight is 1630 g/mol. The molecule has 33 heteroatoms. The molecule has 32 atom stereocenters. The Balaban J connectivity index is 1.13. The third-order valence-electron chi connectivity index (χ3n) is 22.4. The number of carbonyl (C=O) groups excluding carboxylic acids is 2. The predicted molar refractivity (Wildman–Crippen MR) is 407 cm³/mol. The molecule has 2 amide bonds. The summed E-state index contributed by atoms with van der Waals surface area (Å²) in [5.74, 6) is -1.25. The Morgan fingerprint density at radius 2 is 0.735 bits per heavy atom. The van der Waals surface area contributed by atoms with Crippen molar-refractivity contribution in [2.75, 3.05) is 33.0 Å². The zero-order valence-corrected chi connectivity index (χ0v) is 67.3. The first-order chi connectivity index (χ1) is 54.3. The highest BCUT2D eigenvalue weighted by atomic mass is 16.8. The molecule has 6 aliphatic rings. The quantitative estimate of drug-likeness (QED) is 0.0304. The van der Waals surface area contributed by atoms with Crippen LogP contribution in [0.1, 0.15) is 240 Å². The second-order valence-corrected chi connectivity index (χ2v) is 31.6. The summed E-state index contributed by atoms with van der Waals surface area (Å²) in [4.78, 5) is 27.1. The minimum Gasteiger partial charge on any atom is -0.394 e. The Labute approximate surface area is 666 Å². The highest BCUT2D eigenvalue weighted by molar-refractivity contribution is 5.76. The van der Waals surface area contributed by atoms with Crippen LogP contribution in [0.2, 0.25) is 0 Å². The molecule has 0 spiro atoms. The van der Waals surface area contributed by atoms with Crippen LogP contribution < -0.4 is 10.6 Å². The fourth-order valence-electron chi connectivity index (χ4n) is 15.3. The van der Waals surface area contributed by atoms with Crippen molar-refractivity contribution in [3.8, 4) is 0 Å². The summed E-state index contributed by atoms with van der Waals surface area (Å²) in [7, 11) is 0. The van der Waals surface area contributed by atoms with Crippen molar-refractivity contribution < 1.29 is 153 Å². The molecule has 0 radical (unpaired) electrons. The smallest absolute Gasteiger partial charge is 0.220 e. The topological polar surface area (TPSA) is 513 Å². The van der Waals surface area contributed by atoms with Gasteiger partial charge in [-0.05, 0) is 58.8 Å². The molecule has 0 aromatic heterocycles. The molecule has 6 aliphatic heterocycles. The number of hydrogen-bond acceptors (Lipinski definition) is 31. The molecule has 113 heavy (non-hydrogen) atoms. The predicted octanol–water partition coefficient (Wildman–Crippen LogP) is 1.60. The lowest BCUT2D eigenvalue weighted by Crippen LogP contribution is -2.71. The van der Waals surface area contributed by atoms with Crippen molar-refractivity contribution in [1.29, 1.82) is 0 Å². The van der Waals surface area contributed by atoms with Crippen LogP contribution in [-0.2, 0) is 66.4 Å². The van der Waals surface area contributed by atoms with Gasteiger partial charge in [-0.15, -0.1) is 0 Å². The first-order valence-electron chi connectivity index (χ1n) is 42.3. The van der Waals surface area contributed by atoms with Gasteiger partial charge in [0.15, 0.2) is 37.7 Å². The number of carbonyl (C=O) groups is 2. The van der Waals surface area contributed by atoms with Crippen LogP contribution in [0.3, 0.4) is 0 Å². The maximum absolute atomic E-state index is 13.6. The summed E-state index contributed by atoms with van der Waals surface area (Å²) in [5, 5.41) is 196. The second-order valence-electron chi connectivity index (χ2n) is 31.6. The van der Waals surface area contributed by atoms with Crippen LogP contribution in [0.5, 0.6) is 0 Å². The third kappa shape index (κ3) is 31.3. The number of aliphatic hydroxyl groups is 17. The van der Waals surface area contributed by atoms with E-state index < -0.39 is 235 Å². The Kier molecular flexibility index (Phi) is 47.2. The lowest BCUT2D eigenvalue weighted by atomic mass is 9.93. The van der Waals surface area contributed by atoms with Gasteiger partial charge in [-0.3, -0.25) is 9.59 Å². The van der Waals surface area contributed by atoms with Gasteiger partial charge in [0.25, 0.3) is 0 Å². The summed E-state index contributed by atoms with van der Waals surface area (Å²) in [6.45, 7) is 3.56. The minimum absolute atomic E-state index is 0.168. The van der Waals surface area contributed by atoms with Gasteiger partial charge >= 0.3 is 0 Å². The van der Waals surface area contributed by atoms with Crippen molar-refractivity contribution in [3.63, 3.8) is 0 Å². The third-order valence-corrected chi connectivity index (χ3v) is 22.4. The number of ether oxygens (including phenoxy) is 12. The van der Waals surface area contributed by atoms with Gasteiger partial charge in [0.1, 0.15) is 134 Å². The number of rotatable bonds is 54. The van der Waals surface area contributed by atoms with Crippen molar-refractivity contribution in [2.45, 2.75) is 436 Å². The number of aliphatic hydroxyl groups excluding tert-OH is 17. The van der Waals surface area contributed by atoms with E-state index in [-0.39, 0.29) is 12.3 Å². The van der Waals surface area contributed by atoms with E-state index in [2.05, 4.69) is 36.6 Å². The minimum atomic E-state index is -2.26. The lowest BCUT2D eigenvalue weighted by Gasteiger charge is -2.52. The van der Waals surface area contributed by atoms with Crippen molar-refractivity contribution in [2.24, 2.45) is 0 Å². The van der Waals surface area contributed by atoms with E-state index >= 15 is 0 Å². The molecule has 19 N–H and O–H groups in total. The van der Waals surface area contributed by atoms with Gasteiger partial charge in [0.05, 0.1) is 57.4 Å². The molecule has 6 fully saturated rings. The second kappa shape index (κ2) is 53.8. The van der Waals surface area contributed by atoms with E-state index in [4.69, 9.17) is 56.8 Å². The van der Waals surface area contributed by atoms with E-state index in [0.29, 0.717) is 12.8 Å². The first-order valence-corrected chi connectivity index (χ1v) is 42.3. The number of unbranched alkanes of at least 4 members (excludes halogenated alkanes) is 28. The van der Waals surface area contributed by atoms with Crippen LogP contribution in [0, 0.1) is 0 Å². The maximum Gasteiger partial charge on any atom is 0.220 e. The Morgan fingerprint density at radius 1 is 0.363 bits per heavy atom. The Morgan fingerprint density at radius 3 is 1.22 bits per heavy atom. The van der Waals surface area contributed by atoms with E-state index in [0.717, 1.165) is 64.7 Å². The monoisotopic (exact) mass is 1630 g/mol. The zero-order chi connectivity index (χ0) is 82.5. The van der Waals surface area contributed by atoms with Crippen LogP contribution >= 0.6 is 0 Å². The summed E-state index contributed by atoms with van der Waals surface area (Å²) in [6.07, 6.45) is -12.2. The highest BCUT2D eigenvalue weighted by Crippen LogP contribution is 2.39. The van der Waals surface area contributed by atoms with E-state index in [1.54, 1.807) is 6.08 Å². The van der Waals surface area contributed by atoms with Crippen LogP contribution in [-0.4, -0.2) is 328 Å². The first kappa shape index (κ1) is 99.1. The van der Waals surface area contributed by atoms with E-state index in [1.807, 2.05) is 6.08 Å². The largest absolute Gasteiger partial charge is 0.394 e. The average Bonchev–Trinajstić information content (AvgIpc) is 0.758. The van der Waals surface area contributed by atoms with Gasteiger partial charge < -0.3 is 154 Å². The molecule has 0 saturated carbocycles. The van der Waals surface area contributed by atoms with Gasteiger partial charge in [-0.1, -0.05) is 192 Å². The van der Waals surface area contributed by atoms with Crippen LogP contribution in [0.4, 0.5) is 0 Å². The van der Waals surface area contributed by atoms with Crippen molar-refractivity contribution in [3.05, 3.63) is 24.3 Å².